The average Bonchev–Trinajstić information content (AvgIpc) is 2.04. The fourth-order valence-electron chi connectivity index (χ4n) is 1.77. The maximum Gasteiger partial charge on any atom is 0.269 e. The van der Waals surface area contributed by atoms with Crippen LogP contribution >= 0.6 is 0 Å². The average molecular weight is 208 g/mol. The Kier molecular flexibility index (Phi) is 4.15. The second kappa shape index (κ2) is 4.93. The summed E-state index contributed by atoms with van der Waals surface area (Å²) in [6.45, 7) is -0.741. The van der Waals surface area contributed by atoms with Crippen molar-refractivity contribution in [3.63, 3.8) is 0 Å². The molecule has 4 nitrogen and oxygen atoms in total. The van der Waals surface area contributed by atoms with E-state index in [0.717, 1.165) is 25.7 Å². The molecule has 0 amide bonds. The molecule has 1 fully saturated rings. The zero-order valence-corrected chi connectivity index (χ0v) is 8.42. The summed E-state index contributed by atoms with van der Waals surface area (Å²) < 4.78 is 26.5. The molecule has 0 bridgehead atoms. The van der Waals surface area contributed by atoms with E-state index in [4.69, 9.17) is 5.11 Å². The van der Waals surface area contributed by atoms with Crippen LogP contribution in [0.5, 0.6) is 0 Å². The molecule has 0 aromatic heterocycles. The van der Waals surface area contributed by atoms with E-state index in [2.05, 4.69) is 4.18 Å². The summed E-state index contributed by atoms with van der Waals surface area (Å²) in [6, 6.07) is 0. The van der Waals surface area contributed by atoms with Gasteiger partial charge in [-0.15, -0.1) is 0 Å². The zero-order chi connectivity index (χ0) is 9.73. The maximum absolute atomic E-state index is 11.1. The number of aliphatic hydroxyl groups excluding tert-OH is 1. The van der Waals surface area contributed by atoms with Crippen LogP contribution in [-0.4, -0.2) is 26.1 Å². The van der Waals surface area contributed by atoms with Gasteiger partial charge in [-0.2, -0.15) is 8.42 Å². The van der Waals surface area contributed by atoms with Crippen LogP contribution in [0.25, 0.3) is 0 Å². The Balaban J connectivity index is 2.37. The Labute approximate surface area is 79.0 Å². The summed E-state index contributed by atoms with van der Waals surface area (Å²) in [5.74, 6) is 0.290. The molecule has 0 atom stereocenters. The first kappa shape index (κ1) is 10.9. The molecule has 13 heavy (non-hydrogen) atoms. The van der Waals surface area contributed by atoms with Crippen molar-refractivity contribution in [1.82, 2.24) is 0 Å². The fraction of sp³-hybridized carbons (Fsp3) is 1.00. The normalized spacial score (nSPS) is 20.4. The van der Waals surface area contributed by atoms with Crippen molar-refractivity contribution < 1.29 is 17.7 Å². The highest BCUT2D eigenvalue weighted by molar-refractivity contribution is 7.86. The van der Waals surface area contributed by atoms with Gasteiger partial charge < -0.3 is 5.11 Å². The van der Waals surface area contributed by atoms with E-state index in [1.165, 1.54) is 6.42 Å². The molecule has 0 spiro atoms. The van der Waals surface area contributed by atoms with Crippen molar-refractivity contribution in [2.45, 2.75) is 32.1 Å². The summed E-state index contributed by atoms with van der Waals surface area (Å²) in [5, 5.41) is 8.33. The molecule has 1 aliphatic rings. The molecule has 0 aromatic carbocycles. The molecule has 78 valence electrons. The molecule has 0 aliphatic heterocycles. The van der Waals surface area contributed by atoms with Gasteiger partial charge in [0.1, 0.15) is 0 Å². The summed E-state index contributed by atoms with van der Waals surface area (Å²) >= 11 is 0. The molecule has 0 unspecified atom stereocenters. The van der Waals surface area contributed by atoms with Crippen molar-refractivity contribution in [2.24, 2.45) is 5.92 Å². The summed E-state index contributed by atoms with van der Waals surface area (Å²) in [4.78, 5) is 0. The third-order valence-corrected chi connectivity index (χ3v) is 3.74. The lowest BCUT2D eigenvalue weighted by Gasteiger charge is -2.20. The molecule has 1 aliphatic carbocycles. The van der Waals surface area contributed by atoms with Crippen LogP contribution in [0.15, 0.2) is 0 Å². The minimum absolute atomic E-state index is 0.0631. The van der Waals surface area contributed by atoms with Crippen molar-refractivity contribution >= 4 is 10.1 Å². The van der Waals surface area contributed by atoms with Gasteiger partial charge in [0, 0.05) is 0 Å². The number of rotatable bonds is 4. The molecule has 0 aromatic rings. The zero-order valence-electron chi connectivity index (χ0n) is 7.61. The van der Waals surface area contributed by atoms with Crippen molar-refractivity contribution in [3.8, 4) is 0 Å². The first-order chi connectivity index (χ1) is 6.14. The van der Waals surface area contributed by atoms with Crippen LogP contribution < -0.4 is 0 Å². The molecule has 0 radical (unpaired) electrons. The van der Waals surface area contributed by atoms with Crippen LogP contribution in [0.2, 0.25) is 0 Å². The highest BCUT2D eigenvalue weighted by atomic mass is 32.2. The van der Waals surface area contributed by atoms with E-state index < -0.39 is 16.9 Å². The van der Waals surface area contributed by atoms with E-state index in [9.17, 15) is 8.42 Å². The van der Waals surface area contributed by atoms with Gasteiger partial charge in [-0.3, -0.25) is 0 Å². The number of aliphatic hydroxyl groups is 1. The van der Waals surface area contributed by atoms with Gasteiger partial charge >= 0.3 is 0 Å². The maximum atomic E-state index is 11.1. The fourth-order valence-corrected chi connectivity index (χ4v) is 2.94. The van der Waals surface area contributed by atoms with Gasteiger partial charge in [0.2, 0.25) is 0 Å². The van der Waals surface area contributed by atoms with Crippen LogP contribution in [0.3, 0.4) is 0 Å². The van der Waals surface area contributed by atoms with Gasteiger partial charge in [-0.25, -0.2) is 4.18 Å². The Hall–Kier alpha value is -0.130. The smallest absolute Gasteiger partial charge is 0.269 e. The first-order valence-electron chi connectivity index (χ1n) is 4.62. The summed E-state index contributed by atoms with van der Waals surface area (Å²) in [5.41, 5.74) is 0. The first-order valence-corrected chi connectivity index (χ1v) is 6.20. The third kappa shape index (κ3) is 4.06. The van der Waals surface area contributed by atoms with Gasteiger partial charge in [-0.05, 0) is 18.8 Å². The summed E-state index contributed by atoms with van der Waals surface area (Å²) in [6.07, 6.45) is 5.36. The van der Waals surface area contributed by atoms with E-state index >= 15 is 0 Å². The van der Waals surface area contributed by atoms with E-state index in [1.807, 2.05) is 0 Å². The van der Waals surface area contributed by atoms with Crippen LogP contribution in [0.1, 0.15) is 32.1 Å². The van der Waals surface area contributed by atoms with Gasteiger partial charge in [-0.1, -0.05) is 19.3 Å². The largest absolute Gasteiger partial charge is 0.369 e. The quantitative estimate of drug-likeness (QED) is 0.550. The van der Waals surface area contributed by atoms with Crippen molar-refractivity contribution in [3.05, 3.63) is 0 Å². The monoisotopic (exact) mass is 208 g/mol. The predicted octanol–water partition coefficient (Wildman–Crippen LogP) is 0.863. The Morgan fingerprint density at radius 3 is 2.38 bits per heavy atom. The highest BCUT2D eigenvalue weighted by Crippen LogP contribution is 2.25. The molecule has 1 saturated carbocycles. The standard InChI is InChI=1S/C8H16O4S/c9-7-12-13(10,11)6-8-4-2-1-3-5-8/h8-9H,1-7H2. The number of hydrogen-bond acceptors (Lipinski definition) is 4. The molecule has 0 saturated heterocycles. The van der Waals surface area contributed by atoms with Crippen LogP contribution in [-0.2, 0) is 14.3 Å². The lowest BCUT2D eigenvalue weighted by atomic mass is 9.91. The topological polar surface area (TPSA) is 63.6 Å². The minimum atomic E-state index is -3.48. The Morgan fingerprint density at radius 1 is 1.23 bits per heavy atom. The van der Waals surface area contributed by atoms with Crippen LogP contribution in [0.4, 0.5) is 0 Å². The van der Waals surface area contributed by atoms with E-state index in [0.29, 0.717) is 0 Å². The Bertz CT molecular complexity index is 229. The second-order valence-corrected chi connectivity index (χ2v) is 5.16. The Morgan fingerprint density at radius 2 is 1.85 bits per heavy atom. The lowest BCUT2D eigenvalue weighted by molar-refractivity contribution is 0.104. The van der Waals surface area contributed by atoms with Crippen LogP contribution in [0, 0.1) is 5.92 Å². The summed E-state index contributed by atoms with van der Waals surface area (Å²) in [7, 11) is -3.48. The van der Waals surface area contributed by atoms with E-state index in [1.54, 1.807) is 0 Å². The lowest BCUT2D eigenvalue weighted by Crippen LogP contribution is -2.20. The minimum Gasteiger partial charge on any atom is -0.369 e. The van der Waals surface area contributed by atoms with Gasteiger partial charge in [0.05, 0.1) is 5.75 Å². The van der Waals surface area contributed by atoms with Gasteiger partial charge in [0.25, 0.3) is 10.1 Å². The number of hydrogen-bond donors (Lipinski definition) is 1. The molecule has 1 N–H and O–H groups in total. The molecule has 0 heterocycles. The van der Waals surface area contributed by atoms with Gasteiger partial charge in [0.15, 0.2) is 6.79 Å². The predicted molar refractivity (Wildman–Crippen MR) is 48.5 cm³/mol. The van der Waals surface area contributed by atoms with Crippen molar-refractivity contribution in [1.29, 1.82) is 0 Å². The third-order valence-electron chi connectivity index (χ3n) is 2.40. The highest BCUT2D eigenvalue weighted by Gasteiger charge is 2.21. The van der Waals surface area contributed by atoms with Crippen molar-refractivity contribution in [2.75, 3.05) is 12.5 Å². The SMILES string of the molecule is O=S(=O)(CC1CCCCC1)OCO. The molecule has 1 rings (SSSR count). The molecule has 5 heteroatoms. The molecular weight excluding hydrogens is 192 g/mol. The molecular formula is C8H16O4S. The second-order valence-electron chi connectivity index (χ2n) is 3.48. The van der Waals surface area contributed by atoms with E-state index in [-0.39, 0.29) is 11.7 Å².